The van der Waals surface area contributed by atoms with Crippen molar-refractivity contribution in [1.29, 1.82) is 5.41 Å². The van der Waals surface area contributed by atoms with Gasteiger partial charge in [0.25, 0.3) is 5.91 Å². The summed E-state index contributed by atoms with van der Waals surface area (Å²) in [6.45, 7) is 7.44. The van der Waals surface area contributed by atoms with Crippen LogP contribution >= 0.6 is 0 Å². The van der Waals surface area contributed by atoms with Crippen LogP contribution in [0.3, 0.4) is 0 Å². The lowest BCUT2D eigenvalue weighted by Gasteiger charge is -2.01. The average molecular weight is 260 g/mol. The Morgan fingerprint density at radius 3 is 2.63 bits per heavy atom. The highest BCUT2D eigenvalue weighted by Crippen LogP contribution is 2.03. The van der Waals surface area contributed by atoms with Crippen LogP contribution in [0.15, 0.2) is 60.6 Å². The van der Waals surface area contributed by atoms with E-state index in [0.717, 1.165) is 5.57 Å². The summed E-state index contributed by atoms with van der Waals surface area (Å²) in [6, 6.07) is 0. The van der Waals surface area contributed by atoms with Gasteiger partial charge in [0.05, 0.1) is 6.26 Å². The standard InChI is InChI=1S/C15H20N2O2/c1-5-7-8-12(3)9-10-19-13(6-2)11-14(16)15(18)17-4/h5-11,16H,2H2,1,3-4H3,(H,17,18)/b7-5-,10-9+,12-8-,13-11+,16-14?. The number of carbonyl (C=O) groups is 1. The smallest absolute Gasteiger partial charge is 0.269 e. The van der Waals surface area contributed by atoms with Crippen LogP contribution in [0, 0.1) is 5.41 Å². The Bertz CT molecular complexity index is 455. The first-order valence-corrected chi connectivity index (χ1v) is 5.82. The van der Waals surface area contributed by atoms with Crippen LogP contribution in [0.4, 0.5) is 0 Å². The van der Waals surface area contributed by atoms with Gasteiger partial charge in [-0.3, -0.25) is 10.2 Å². The number of hydrogen-bond acceptors (Lipinski definition) is 3. The second-order valence-electron chi connectivity index (χ2n) is 3.60. The number of nitrogens with one attached hydrogen (secondary N) is 2. The Balaban J connectivity index is 4.63. The quantitative estimate of drug-likeness (QED) is 0.420. The van der Waals surface area contributed by atoms with Crippen molar-refractivity contribution < 1.29 is 9.53 Å². The average Bonchev–Trinajstić information content (AvgIpc) is 2.42. The third-order valence-corrected chi connectivity index (χ3v) is 2.05. The van der Waals surface area contributed by atoms with Gasteiger partial charge in [-0.15, -0.1) is 0 Å². The number of carbonyl (C=O) groups excluding carboxylic acids is 1. The van der Waals surface area contributed by atoms with Crippen molar-refractivity contribution in [3.05, 3.63) is 60.6 Å². The Labute approximate surface area is 114 Å². The molecule has 0 radical (unpaired) electrons. The fourth-order valence-corrected chi connectivity index (χ4v) is 1.01. The lowest BCUT2D eigenvalue weighted by molar-refractivity contribution is -0.114. The minimum Gasteiger partial charge on any atom is -0.465 e. The first kappa shape index (κ1) is 16.6. The van der Waals surface area contributed by atoms with Crippen molar-refractivity contribution in [3.8, 4) is 0 Å². The summed E-state index contributed by atoms with van der Waals surface area (Å²) in [4.78, 5) is 11.2. The first-order valence-electron chi connectivity index (χ1n) is 5.82. The molecule has 0 fully saturated rings. The van der Waals surface area contributed by atoms with Crippen LogP contribution in [-0.2, 0) is 9.53 Å². The summed E-state index contributed by atoms with van der Waals surface area (Å²) in [5, 5.41) is 9.84. The first-order chi connectivity index (χ1) is 9.04. The molecule has 2 N–H and O–H groups in total. The lowest BCUT2D eigenvalue weighted by atomic mass is 10.2. The molecule has 0 aliphatic rings. The summed E-state index contributed by atoms with van der Waals surface area (Å²) < 4.78 is 5.28. The summed E-state index contributed by atoms with van der Waals surface area (Å²) in [7, 11) is 1.47. The van der Waals surface area contributed by atoms with E-state index in [1.165, 1.54) is 25.5 Å². The molecule has 0 spiro atoms. The van der Waals surface area contributed by atoms with E-state index in [-0.39, 0.29) is 5.71 Å². The molecular weight excluding hydrogens is 240 g/mol. The van der Waals surface area contributed by atoms with Crippen LogP contribution in [0.25, 0.3) is 0 Å². The molecule has 0 aliphatic heterocycles. The molecule has 0 saturated carbocycles. The van der Waals surface area contributed by atoms with Crippen molar-refractivity contribution in [2.24, 2.45) is 0 Å². The van der Waals surface area contributed by atoms with Gasteiger partial charge in [-0.1, -0.05) is 24.8 Å². The fraction of sp³-hybridized carbons (Fsp3) is 0.200. The van der Waals surface area contributed by atoms with E-state index in [1.807, 2.05) is 32.1 Å². The molecule has 0 bridgehead atoms. The topological polar surface area (TPSA) is 62.2 Å². The maximum Gasteiger partial charge on any atom is 0.269 e. The van der Waals surface area contributed by atoms with E-state index in [1.54, 1.807) is 6.08 Å². The van der Waals surface area contributed by atoms with Crippen molar-refractivity contribution in [3.63, 3.8) is 0 Å². The fourth-order valence-electron chi connectivity index (χ4n) is 1.01. The van der Waals surface area contributed by atoms with Gasteiger partial charge in [-0.25, -0.2) is 0 Å². The van der Waals surface area contributed by atoms with Crippen LogP contribution < -0.4 is 5.32 Å². The maximum atomic E-state index is 11.2. The molecule has 19 heavy (non-hydrogen) atoms. The van der Waals surface area contributed by atoms with Crippen molar-refractivity contribution in [1.82, 2.24) is 5.32 Å². The number of ether oxygens (including phenoxy) is 1. The highest BCUT2D eigenvalue weighted by atomic mass is 16.5. The molecule has 102 valence electrons. The van der Waals surface area contributed by atoms with Gasteiger partial charge >= 0.3 is 0 Å². The third-order valence-electron chi connectivity index (χ3n) is 2.05. The summed E-state index contributed by atoms with van der Waals surface area (Å²) >= 11 is 0. The molecule has 0 aromatic rings. The molecule has 0 aliphatic carbocycles. The van der Waals surface area contributed by atoms with E-state index < -0.39 is 5.91 Å². The molecule has 0 aromatic heterocycles. The minimum absolute atomic E-state index is 0.188. The van der Waals surface area contributed by atoms with E-state index in [0.29, 0.717) is 5.76 Å². The second kappa shape index (κ2) is 9.65. The van der Waals surface area contributed by atoms with E-state index in [4.69, 9.17) is 10.1 Å². The van der Waals surface area contributed by atoms with Gasteiger partial charge in [0.15, 0.2) is 0 Å². The van der Waals surface area contributed by atoms with Crippen molar-refractivity contribution in [2.75, 3.05) is 7.05 Å². The molecule has 0 aromatic carbocycles. The van der Waals surface area contributed by atoms with Gasteiger partial charge in [0, 0.05) is 13.1 Å². The molecule has 0 heterocycles. The molecule has 0 unspecified atom stereocenters. The van der Waals surface area contributed by atoms with Crippen molar-refractivity contribution >= 4 is 11.6 Å². The zero-order chi connectivity index (χ0) is 14.7. The zero-order valence-corrected chi connectivity index (χ0v) is 11.6. The number of allylic oxidation sites excluding steroid dienone is 6. The highest BCUT2D eigenvalue weighted by Gasteiger charge is 2.04. The molecule has 1 amide bonds. The molecule has 4 nitrogen and oxygen atoms in total. The molecule has 0 saturated heterocycles. The molecule has 0 atom stereocenters. The predicted octanol–water partition coefficient (Wildman–Crippen LogP) is 2.87. The normalized spacial score (nSPS) is 12.8. The monoisotopic (exact) mass is 260 g/mol. The van der Waals surface area contributed by atoms with E-state index >= 15 is 0 Å². The van der Waals surface area contributed by atoms with Crippen LogP contribution in [-0.4, -0.2) is 18.7 Å². The lowest BCUT2D eigenvalue weighted by Crippen LogP contribution is -2.25. The Morgan fingerprint density at radius 1 is 1.42 bits per heavy atom. The van der Waals surface area contributed by atoms with Crippen LogP contribution in [0.1, 0.15) is 13.8 Å². The number of rotatable bonds is 7. The Morgan fingerprint density at radius 2 is 2.11 bits per heavy atom. The third kappa shape index (κ3) is 7.54. The van der Waals surface area contributed by atoms with Gasteiger partial charge in [-0.05, 0) is 31.6 Å². The highest BCUT2D eigenvalue weighted by molar-refractivity contribution is 6.42. The zero-order valence-electron chi connectivity index (χ0n) is 11.6. The van der Waals surface area contributed by atoms with E-state index in [2.05, 4.69) is 11.9 Å². The number of amides is 1. The van der Waals surface area contributed by atoms with Gasteiger partial charge in [-0.2, -0.15) is 0 Å². The van der Waals surface area contributed by atoms with Crippen molar-refractivity contribution in [2.45, 2.75) is 13.8 Å². The second-order valence-corrected chi connectivity index (χ2v) is 3.60. The number of hydrogen-bond donors (Lipinski definition) is 2. The largest absolute Gasteiger partial charge is 0.465 e. The van der Waals surface area contributed by atoms with Gasteiger partial charge < -0.3 is 10.1 Å². The Kier molecular flexibility index (Phi) is 8.45. The minimum atomic E-state index is -0.476. The molecule has 0 rings (SSSR count). The molecule has 4 heteroatoms. The SMILES string of the molecule is C=C/C(=C\C(=N)C(=O)NC)O/C=C/C(C)=C\C=C/C. The van der Waals surface area contributed by atoms with Crippen LogP contribution in [0.5, 0.6) is 0 Å². The predicted molar refractivity (Wildman–Crippen MR) is 78.9 cm³/mol. The summed E-state index contributed by atoms with van der Waals surface area (Å²) in [6.07, 6.45) is 11.8. The maximum absolute atomic E-state index is 11.2. The van der Waals surface area contributed by atoms with Gasteiger partial charge in [0.2, 0.25) is 0 Å². The summed E-state index contributed by atoms with van der Waals surface area (Å²) in [5.74, 6) is -0.139. The summed E-state index contributed by atoms with van der Waals surface area (Å²) in [5.41, 5.74) is 0.829. The van der Waals surface area contributed by atoms with Crippen LogP contribution in [0.2, 0.25) is 0 Å². The Hall–Kier alpha value is -2.36. The van der Waals surface area contributed by atoms with E-state index in [9.17, 15) is 4.79 Å². The molecular formula is C15H20N2O2. The van der Waals surface area contributed by atoms with Gasteiger partial charge in [0.1, 0.15) is 11.5 Å².